The van der Waals surface area contributed by atoms with Gasteiger partial charge in [0.2, 0.25) is 0 Å². The maximum absolute atomic E-state index is 5.42. The van der Waals surface area contributed by atoms with Gasteiger partial charge in [0, 0.05) is 10.6 Å². The predicted octanol–water partition coefficient (Wildman–Crippen LogP) is 4.74. The predicted molar refractivity (Wildman–Crippen MR) is 92.4 cm³/mol. The zero-order chi connectivity index (χ0) is 14.5. The van der Waals surface area contributed by atoms with Crippen molar-refractivity contribution in [3.8, 4) is 0 Å². The Kier molecular flexibility index (Phi) is 5.15. The number of nitrogens with one attached hydrogen (secondary N) is 2. The van der Waals surface area contributed by atoms with Crippen LogP contribution in [0.15, 0.2) is 41.8 Å². The summed E-state index contributed by atoms with van der Waals surface area (Å²) in [5.74, 6) is 0.478. The Morgan fingerprint density at radius 3 is 2.40 bits per heavy atom. The van der Waals surface area contributed by atoms with E-state index in [1.165, 1.54) is 10.4 Å². The van der Waals surface area contributed by atoms with Crippen molar-refractivity contribution in [1.82, 2.24) is 5.32 Å². The average molecular weight is 304 g/mol. The SMILES string of the molecule is Cc1ccc(NC(=S)N[C@@H](c2cccs2)C(C)C)cc1. The molecule has 2 nitrogen and oxygen atoms in total. The van der Waals surface area contributed by atoms with Crippen molar-refractivity contribution in [3.05, 3.63) is 52.2 Å². The molecule has 0 aliphatic heterocycles. The van der Waals surface area contributed by atoms with E-state index in [0.29, 0.717) is 11.0 Å². The molecule has 0 bridgehead atoms. The molecular formula is C16H20N2S2. The standard InChI is InChI=1S/C16H20N2S2/c1-11(2)15(14-5-4-10-20-14)18-16(19)17-13-8-6-12(3)7-9-13/h4-11,15H,1-3H3,(H2,17,18,19)/t15-/m1/s1. The Morgan fingerprint density at radius 1 is 1.15 bits per heavy atom. The van der Waals surface area contributed by atoms with Gasteiger partial charge in [0.25, 0.3) is 0 Å². The van der Waals surface area contributed by atoms with Crippen LogP contribution >= 0.6 is 23.6 Å². The molecule has 0 aliphatic rings. The van der Waals surface area contributed by atoms with Crippen LogP contribution in [0.4, 0.5) is 5.69 Å². The monoisotopic (exact) mass is 304 g/mol. The minimum Gasteiger partial charge on any atom is -0.355 e. The average Bonchev–Trinajstić information content (AvgIpc) is 2.92. The molecule has 1 heterocycles. The Labute approximate surface area is 130 Å². The lowest BCUT2D eigenvalue weighted by molar-refractivity contribution is 0.480. The first-order valence-corrected chi connectivity index (χ1v) is 8.02. The van der Waals surface area contributed by atoms with Gasteiger partial charge in [-0.1, -0.05) is 37.6 Å². The van der Waals surface area contributed by atoms with Crippen LogP contribution in [0.1, 0.15) is 30.3 Å². The lowest BCUT2D eigenvalue weighted by Gasteiger charge is -2.23. The van der Waals surface area contributed by atoms with Crippen molar-refractivity contribution in [2.24, 2.45) is 5.92 Å². The second-order valence-electron chi connectivity index (χ2n) is 5.20. The maximum Gasteiger partial charge on any atom is 0.171 e. The lowest BCUT2D eigenvalue weighted by Crippen LogP contribution is -2.34. The van der Waals surface area contributed by atoms with Crippen LogP contribution in [0, 0.1) is 12.8 Å². The molecule has 2 N–H and O–H groups in total. The largest absolute Gasteiger partial charge is 0.355 e. The molecule has 0 saturated heterocycles. The summed E-state index contributed by atoms with van der Waals surface area (Å²) < 4.78 is 0. The number of anilines is 1. The number of thiophene rings is 1. The second kappa shape index (κ2) is 6.86. The highest BCUT2D eigenvalue weighted by atomic mass is 32.1. The highest BCUT2D eigenvalue weighted by Crippen LogP contribution is 2.25. The van der Waals surface area contributed by atoms with E-state index in [0.717, 1.165) is 5.69 Å². The minimum atomic E-state index is 0.250. The van der Waals surface area contributed by atoms with Crippen molar-refractivity contribution in [2.75, 3.05) is 5.32 Å². The Balaban J connectivity index is 2.00. The summed E-state index contributed by atoms with van der Waals surface area (Å²) >= 11 is 7.18. The summed E-state index contributed by atoms with van der Waals surface area (Å²) in [6.07, 6.45) is 0. The van der Waals surface area contributed by atoms with Crippen molar-refractivity contribution < 1.29 is 0 Å². The minimum absolute atomic E-state index is 0.250. The fourth-order valence-corrected chi connectivity index (χ4v) is 3.17. The third kappa shape index (κ3) is 4.05. The Morgan fingerprint density at radius 2 is 1.85 bits per heavy atom. The number of thiocarbonyl (C=S) groups is 1. The van der Waals surface area contributed by atoms with Crippen LogP contribution in [-0.4, -0.2) is 5.11 Å². The maximum atomic E-state index is 5.42. The number of rotatable bonds is 4. The van der Waals surface area contributed by atoms with Gasteiger partial charge in [-0.3, -0.25) is 0 Å². The molecule has 1 atom stereocenters. The summed E-state index contributed by atoms with van der Waals surface area (Å²) in [6, 6.07) is 12.7. The van der Waals surface area contributed by atoms with Gasteiger partial charge < -0.3 is 10.6 Å². The zero-order valence-electron chi connectivity index (χ0n) is 12.0. The van der Waals surface area contributed by atoms with Gasteiger partial charge >= 0.3 is 0 Å². The number of benzene rings is 1. The molecule has 0 saturated carbocycles. The smallest absolute Gasteiger partial charge is 0.171 e. The summed E-state index contributed by atoms with van der Waals surface area (Å²) in [7, 11) is 0. The fourth-order valence-electron chi connectivity index (χ4n) is 1.98. The van der Waals surface area contributed by atoms with Crippen LogP contribution < -0.4 is 10.6 Å². The molecule has 0 aliphatic carbocycles. The zero-order valence-corrected chi connectivity index (χ0v) is 13.6. The van der Waals surface area contributed by atoms with Crippen molar-refractivity contribution in [3.63, 3.8) is 0 Å². The van der Waals surface area contributed by atoms with E-state index in [1.807, 2.05) is 12.1 Å². The number of aryl methyl sites for hydroxylation is 1. The highest BCUT2D eigenvalue weighted by Gasteiger charge is 2.17. The van der Waals surface area contributed by atoms with Crippen molar-refractivity contribution in [1.29, 1.82) is 0 Å². The summed E-state index contributed by atoms with van der Waals surface area (Å²) in [6.45, 7) is 6.48. The van der Waals surface area contributed by atoms with Crippen LogP contribution in [0.5, 0.6) is 0 Å². The van der Waals surface area contributed by atoms with Gasteiger partial charge in [-0.15, -0.1) is 11.3 Å². The van der Waals surface area contributed by atoms with Gasteiger partial charge in [0.1, 0.15) is 0 Å². The van der Waals surface area contributed by atoms with E-state index in [-0.39, 0.29) is 6.04 Å². The Hall–Kier alpha value is -1.39. The third-order valence-electron chi connectivity index (χ3n) is 3.11. The van der Waals surface area contributed by atoms with E-state index in [9.17, 15) is 0 Å². The second-order valence-corrected chi connectivity index (χ2v) is 6.59. The van der Waals surface area contributed by atoms with E-state index in [4.69, 9.17) is 12.2 Å². The highest BCUT2D eigenvalue weighted by molar-refractivity contribution is 7.80. The molecule has 0 spiro atoms. The fraction of sp³-hybridized carbons (Fsp3) is 0.312. The first-order valence-electron chi connectivity index (χ1n) is 6.74. The molecule has 2 rings (SSSR count). The van der Waals surface area contributed by atoms with Gasteiger partial charge in [-0.25, -0.2) is 0 Å². The van der Waals surface area contributed by atoms with Crippen LogP contribution in [0.25, 0.3) is 0 Å². The molecule has 0 unspecified atom stereocenters. The number of hydrogen-bond acceptors (Lipinski definition) is 2. The normalized spacial score (nSPS) is 12.2. The van der Waals surface area contributed by atoms with Crippen molar-refractivity contribution in [2.45, 2.75) is 26.8 Å². The lowest BCUT2D eigenvalue weighted by atomic mass is 10.0. The molecule has 1 aromatic heterocycles. The molecule has 1 aromatic carbocycles. The molecule has 106 valence electrons. The molecule has 4 heteroatoms. The molecule has 2 aromatic rings. The van der Waals surface area contributed by atoms with E-state index in [2.05, 4.69) is 61.1 Å². The van der Waals surface area contributed by atoms with Gasteiger partial charge in [0.15, 0.2) is 5.11 Å². The van der Waals surface area contributed by atoms with Gasteiger partial charge in [-0.2, -0.15) is 0 Å². The molecular weight excluding hydrogens is 284 g/mol. The first-order chi connectivity index (χ1) is 9.56. The summed E-state index contributed by atoms with van der Waals surface area (Å²) in [5, 5.41) is 9.42. The molecule has 0 fully saturated rings. The molecule has 20 heavy (non-hydrogen) atoms. The third-order valence-corrected chi connectivity index (χ3v) is 4.29. The van der Waals surface area contributed by atoms with E-state index in [1.54, 1.807) is 11.3 Å². The van der Waals surface area contributed by atoms with E-state index >= 15 is 0 Å². The first kappa shape index (κ1) is 15.0. The van der Waals surface area contributed by atoms with Crippen LogP contribution in [0.2, 0.25) is 0 Å². The topological polar surface area (TPSA) is 24.1 Å². The quantitative estimate of drug-likeness (QED) is 0.798. The van der Waals surface area contributed by atoms with Crippen molar-refractivity contribution >= 4 is 34.4 Å². The number of hydrogen-bond donors (Lipinski definition) is 2. The van der Waals surface area contributed by atoms with Crippen LogP contribution in [0.3, 0.4) is 0 Å². The van der Waals surface area contributed by atoms with Gasteiger partial charge in [-0.05, 0) is 48.6 Å². The van der Waals surface area contributed by atoms with Crippen LogP contribution in [-0.2, 0) is 0 Å². The van der Waals surface area contributed by atoms with E-state index < -0.39 is 0 Å². The molecule has 0 amide bonds. The summed E-state index contributed by atoms with van der Waals surface area (Å²) in [4.78, 5) is 1.31. The summed E-state index contributed by atoms with van der Waals surface area (Å²) in [5.41, 5.74) is 2.26. The Bertz CT molecular complexity index is 544. The molecule has 0 radical (unpaired) electrons. The van der Waals surface area contributed by atoms with Gasteiger partial charge in [0.05, 0.1) is 6.04 Å².